The van der Waals surface area contributed by atoms with Crippen molar-refractivity contribution in [1.29, 1.82) is 0 Å². The molecule has 0 N–H and O–H groups in total. The van der Waals surface area contributed by atoms with Gasteiger partial charge in [-0.15, -0.1) is 0 Å². The monoisotopic (exact) mass is 314 g/mol. The number of hydrogen-bond acceptors (Lipinski definition) is 2. The van der Waals surface area contributed by atoms with Crippen LogP contribution in [0.25, 0.3) is 0 Å². The first-order valence-electron chi connectivity index (χ1n) is 6.39. The lowest BCUT2D eigenvalue weighted by atomic mass is 10.0. The molecular formula is C14H20BrFN2. The van der Waals surface area contributed by atoms with Crippen LogP contribution in [0.15, 0.2) is 22.7 Å². The minimum absolute atomic E-state index is 0.196. The molecule has 1 saturated heterocycles. The molecular weight excluding hydrogens is 295 g/mol. The highest BCUT2D eigenvalue weighted by molar-refractivity contribution is 9.10. The molecule has 0 bridgehead atoms. The molecule has 1 atom stereocenters. The minimum atomic E-state index is -0.196. The fourth-order valence-electron chi connectivity index (χ4n) is 2.55. The van der Waals surface area contributed by atoms with Crippen molar-refractivity contribution in [1.82, 2.24) is 9.80 Å². The molecule has 0 radical (unpaired) electrons. The first-order chi connectivity index (χ1) is 8.56. The second-order valence-electron chi connectivity index (χ2n) is 5.22. The van der Waals surface area contributed by atoms with E-state index in [1.165, 1.54) is 25.5 Å². The van der Waals surface area contributed by atoms with E-state index in [1.54, 1.807) is 0 Å². The summed E-state index contributed by atoms with van der Waals surface area (Å²) < 4.78 is 13.7. The van der Waals surface area contributed by atoms with Gasteiger partial charge in [-0.05, 0) is 67.1 Å². The van der Waals surface area contributed by atoms with Crippen LogP contribution in [-0.2, 0) is 6.54 Å². The maximum absolute atomic E-state index is 13.2. The lowest BCUT2D eigenvalue weighted by molar-refractivity contribution is 0.129. The van der Waals surface area contributed by atoms with Crippen molar-refractivity contribution in [3.63, 3.8) is 0 Å². The summed E-state index contributed by atoms with van der Waals surface area (Å²) in [5.41, 5.74) is 1.15. The van der Waals surface area contributed by atoms with Crippen LogP contribution in [0.5, 0.6) is 0 Å². The van der Waals surface area contributed by atoms with Crippen molar-refractivity contribution in [2.24, 2.45) is 0 Å². The van der Waals surface area contributed by atoms with Crippen LogP contribution in [0.3, 0.4) is 0 Å². The van der Waals surface area contributed by atoms with Gasteiger partial charge in [-0.25, -0.2) is 4.39 Å². The summed E-state index contributed by atoms with van der Waals surface area (Å²) in [6.45, 7) is 3.20. The van der Waals surface area contributed by atoms with E-state index in [9.17, 15) is 4.39 Å². The predicted octanol–water partition coefficient (Wildman–Crippen LogP) is 3.11. The van der Waals surface area contributed by atoms with Crippen LogP contribution in [0, 0.1) is 5.82 Å². The van der Waals surface area contributed by atoms with E-state index in [1.807, 2.05) is 12.1 Å². The number of hydrogen-bond donors (Lipinski definition) is 0. The van der Waals surface area contributed by atoms with Crippen LogP contribution in [0.1, 0.15) is 18.4 Å². The van der Waals surface area contributed by atoms with Crippen LogP contribution >= 0.6 is 15.9 Å². The molecule has 0 aromatic heterocycles. The summed E-state index contributed by atoms with van der Waals surface area (Å²) in [7, 11) is 4.33. The van der Waals surface area contributed by atoms with E-state index >= 15 is 0 Å². The maximum Gasteiger partial charge on any atom is 0.137 e. The molecule has 0 saturated carbocycles. The molecule has 1 aromatic carbocycles. The minimum Gasteiger partial charge on any atom is -0.305 e. The molecule has 4 heteroatoms. The summed E-state index contributed by atoms with van der Waals surface area (Å²) in [4.78, 5) is 4.75. The number of piperidine rings is 1. The molecule has 0 amide bonds. The van der Waals surface area contributed by atoms with Crippen LogP contribution < -0.4 is 0 Å². The molecule has 2 rings (SSSR count). The average Bonchev–Trinajstić information content (AvgIpc) is 2.34. The molecule has 1 unspecified atom stereocenters. The second-order valence-corrected chi connectivity index (χ2v) is 6.08. The van der Waals surface area contributed by atoms with Crippen molar-refractivity contribution in [2.75, 3.05) is 27.2 Å². The Hall–Kier alpha value is -0.450. The molecule has 1 aliphatic heterocycles. The summed E-state index contributed by atoms with van der Waals surface area (Å²) in [5.74, 6) is -0.196. The summed E-state index contributed by atoms with van der Waals surface area (Å²) in [6.07, 6.45) is 2.52. The van der Waals surface area contributed by atoms with E-state index in [0.717, 1.165) is 18.7 Å². The van der Waals surface area contributed by atoms with Crippen molar-refractivity contribution < 1.29 is 4.39 Å². The zero-order valence-electron chi connectivity index (χ0n) is 11.0. The van der Waals surface area contributed by atoms with Crippen LogP contribution in [-0.4, -0.2) is 43.0 Å². The topological polar surface area (TPSA) is 6.48 Å². The van der Waals surface area contributed by atoms with Gasteiger partial charge in [0.05, 0.1) is 4.47 Å². The van der Waals surface area contributed by atoms with E-state index in [-0.39, 0.29) is 5.82 Å². The number of likely N-dealkylation sites (N-methyl/N-ethyl adjacent to an activating group) is 2. The highest BCUT2D eigenvalue weighted by Gasteiger charge is 2.21. The second kappa shape index (κ2) is 6.13. The highest BCUT2D eigenvalue weighted by atomic mass is 79.9. The molecule has 1 fully saturated rings. The van der Waals surface area contributed by atoms with Gasteiger partial charge >= 0.3 is 0 Å². The SMILES string of the molecule is CN1CCCC(N(C)Cc2ccc(F)c(Br)c2)C1. The summed E-state index contributed by atoms with van der Waals surface area (Å²) in [5, 5.41) is 0. The number of rotatable bonds is 3. The van der Waals surface area contributed by atoms with Gasteiger partial charge < -0.3 is 4.90 Å². The Morgan fingerprint density at radius 3 is 2.94 bits per heavy atom. The Balaban J connectivity index is 1.97. The smallest absolute Gasteiger partial charge is 0.137 e. The lowest BCUT2D eigenvalue weighted by Crippen LogP contribution is -2.44. The van der Waals surface area contributed by atoms with Gasteiger partial charge in [-0.2, -0.15) is 0 Å². The molecule has 0 spiro atoms. The standard InChI is InChI=1S/C14H20BrFN2/c1-17-7-3-4-12(10-17)18(2)9-11-5-6-14(16)13(15)8-11/h5-6,8,12H,3-4,7,9-10H2,1-2H3. The Bertz CT molecular complexity index is 411. The van der Waals surface area contributed by atoms with Gasteiger partial charge in [-0.3, -0.25) is 4.90 Å². The third kappa shape index (κ3) is 3.53. The number of benzene rings is 1. The fraction of sp³-hybridized carbons (Fsp3) is 0.571. The molecule has 1 heterocycles. The van der Waals surface area contributed by atoms with Crippen molar-refractivity contribution in [3.8, 4) is 0 Å². The molecule has 18 heavy (non-hydrogen) atoms. The van der Waals surface area contributed by atoms with Crippen molar-refractivity contribution in [2.45, 2.75) is 25.4 Å². The lowest BCUT2D eigenvalue weighted by Gasteiger charge is -2.35. The van der Waals surface area contributed by atoms with Gasteiger partial charge in [0.2, 0.25) is 0 Å². The van der Waals surface area contributed by atoms with Gasteiger partial charge in [0.25, 0.3) is 0 Å². The van der Waals surface area contributed by atoms with Crippen LogP contribution in [0.2, 0.25) is 0 Å². The first-order valence-corrected chi connectivity index (χ1v) is 7.18. The number of halogens is 2. The Labute approximate surface area is 117 Å². The summed E-state index contributed by atoms with van der Waals surface area (Å²) in [6, 6.07) is 5.87. The van der Waals surface area contributed by atoms with Gasteiger partial charge in [0.15, 0.2) is 0 Å². The van der Waals surface area contributed by atoms with Crippen LogP contribution in [0.4, 0.5) is 4.39 Å². The third-order valence-corrected chi connectivity index (χ3v) is 4.25. The first kappa shape index (κ1) is 14.0. The van der Waals surface area contributed by atoms with Crippen molar-refractivity contribution >= 4 is 15.9 Å². The Kier molecular flexibility index (Phi) is 4.76. The number of likely N-dealkylation sites (tertiary alicyclic amines) is 1. The maximum atomic E-state index is 13.2. The summed E-state index contributed by atoms with van der Waals surface area (Å²) >= 11 is 3.24. The molecule has 1 aliphatic rings. The zero-order valence-corrected chi connectivity index (χ0v) is 12.6. The fourth-order valence-corrected chi connectivity index (χ4v) is 2.98. The van der Waals surface area contributed by atoms with Gasteiger partial charge in [0, 0.05) is 19.1 Å². The van der Waals surface area contributed by atoms with Gasteiger partial charge in [0.1, 0.15) is 5.82 Å². The predicted molar refractivity (Wildman–Crippen MR) is 76.1 cm³/mol. The highest BCUT2D eigenvalue weighted by Crippen LogP contribution is 2.20. The average molecular weight is 315 g/mol. The molecule has 1 aromatic rings. The molecule has 2 nitrogen and oxygen atoms in total. The van der Waals surface area contributed by atoms with E-state index < -0.39 is 0 Å². The third-order valence-electron chi connectivity index (χ3n) is 3.64. The Morgan fingerprint density at radius 2 is 2.28 bits per heavy atom. The van der Waals surface area contributed by atoms with E-state index in [4.69, 9.17) is 0 Å². The van der Waals surface area contributed by atoms with E-state index in [0.29, 0.717) is 10.5 Å². The largest absolute Gasteiger partial charge is 0.305 e. The van der Waals surface area contributed by atoms with Gasteiger partial charge in [-0.1, -0.05) is 6.07 Å². The van der Waals surface area contributed by atoms with E-state index in [2.05, 4.69) is 39.8 Å². The molecule has 0 aliphatic carbocycles. The Morgan fingerprint density at radius 1 is 1.50 bits per heavy atom. The quantitative estimate of drug-likeness (QED) is 0.846. The molecule has 100 valence electrons. The normalized spacial score (nSPS) is 21.5. The number of nitrogens with zero attached hydrogens (tertiary/aromatic N) is 2. The van der Waals surface area contributed by atoms with Crippen molar-refractivity contribution in [3.05, 3.63) is 34.1 Å². The zero-order chi connectivity index (χ0) is 13.1.